The van der Waals surface area contributed by atoms with Gasteiger partial charge >= 0.3 is 0 Å². The van der Waals surface area contributed by atoms with E-state index in [1.54, 1.807) is 0 Å². The summed E-state index contributed by atoms with van der Waals surface area (Å²) in [6, 6.07) is 8.52. The summed E-state index contributed by atoms with van der Waals surface area (Å²) in [5.41, 5.74) is 0.838. The summed E-state index contributed by atoms with van der Waals surface area (Å²) in [4.78, 5) is 23.3. The minimum Gasteiger partial charge on any atom is -0.508 e. The van der Waals surface area contributed by atoms with Gasteiger partial charge in [0.15, 0.2) is 11.7 Å². The van der Waals surface area contributed by atoms with Gasteiger partial charge < -0.3 is 14.6 Å². The summed E-state index contributed by atoms with van der Waals surface area (Å²) in [7, 11) is 0. The topological polar surface area (TPSA) is 87.7 Å². The predicted octanol–water partition coefficient (Wildman–Crippen LogP) is 2.68. The van der Waals surface area contributed by atoms with Crippen LogP contribution in [0.1, 0.15) is 10.4 Å². The maximum Gasteiger partial charge on any atom is 0.200 e. The van der Waals surface area contributed by atoms with Gasteiger partial charge in [-0.05, 0) is 29.8 Å². The van der Waals surface area contributed by atoms with Gasteiger partial charge in [-0.3, -0.25) is 9.59 Å². The number of benzene rings is 2. The van der Waals surface area contributed by atoms with E-state index in [-0.39, 0.29) is 33.6 Å². The Bertz CT molecular complexity index is 908. The minimum atomic E-state index is -0.279. The Labute approximate surface area is 118 Å². The molecule has 0 fully saturated rings. The standard InChI is InChI=1S/C16H10O5/c17-7-10-5-9(1-4-14(10)19)13-8-21-15-6-11(18)2-3-12(15)16(13)20/h1-8,18-19H. The zero-order valence-corrected chi connectivity index (χ0v) is 10.7. The van der Waals surface area contributed by atoms with Crippen molar-refractivity contribution in [1.29, 1.82) is 0 Å². The molecule has 0 aliphatic rings. The van der Waals surface area contributed by atoms with E-state index in [1.165, 1.54) is 42.7 Å². The van der Waals surface area contributed by atoms with Crippen molar-refractivity contribution in [1.82, 2.24) is 0 Å². The van der Waals surface area contributed by atoms with E-state index in [4.69, 9.17) is 4.42 Å². The Hall–Kier alpha value is -3.08. The van der Waals surface area contributed by atoms with Crippen LogP contribution in [0.15, 0.2) is 51.9 Å². The van der Waals surface area contributed by atoms with Gasteiger partial charge in [-0.2, -0.15) is 0 Å². The number of carbonyl (C=O) groups is 1. The van der Waals surface area contributed by atoms with E-state index in [0.717, 1.165) is 0 Å². The fraction of sp³-hybridized carbons (Fsp3) is 0. The Morgan fingerprint density at radius 1 is 1.05 bits per heavy atom. The zero-order valence-electron chi connectivity index (χ0n) is 10.7. The highest BCUT2D eigenvalue weighted by molar-refractivity contribution is 5.85. The molecule has 0 spiro atoms. The van der Waals surface area contributed by atoms with Crippen molar-refractivity contribution in [2.24, 2.45) is 0 Å². The van der Waals surface area contributed by atoms with Crippen molar-refractivity contribution in [3.05, 3.63) is 58.4 Å². The van der Waals surface area contributed by atoms with Crippen LogP contribution in [0.3, 0.4) is 0 Å². The number of hydrogen-bond acceptors (Lipinski definition) is 5. The van der Waals surface area contributed by atoms with E-state index in [0.29, 0.717) is 17.2 Å². The van der Waals surface area contributed by atoms with Gasteiger partial charge in [0.05, 0.1) is 16.5 Å². The summed E-state index contributed by atoms with van der Waals surface area (Å²) >= 11 is 0. The normalized spacial score (nSPS) is 10.7. The average Bonchev–Trinajstić information content (AvgIpc) is 2.48. The Balaban J connectivity index is 2.26. The van der Waals surface area contributed by atoms with Gasteiger partial charge in [0, 0.05) is 6.07 Å². The molecule has 0 saturated carbocycles. The molecule has 2 aromatic carbocycles. The van der Waals surface area contributed by atoms with Crippen LogP contribution in [-0.4, -0.2) is 16.5 Å². The second-order valence-electron chi connectivity index (χ2n) is 4.55. The van der Waals surface area contributed by atoms with Gasteiger partial charge in [0.1, 0.15) is 23.3 Å². The van der Waals surface area contributed by atoms with Crippen molar-refractivity contribution >= 4 is 17.3 Å². The first-order valence-corrected chi connectivity index (χ1v) is 6.13. The van der Waals surface area contributed by atoms with Crippen LogP contribution >= 0.6 is 0 Å². The molecule has 0 radical (unpaired) electrons. The summed E-state index contributed by atoms with van der Waals surface area (Å²) in [6.45, 7) is 0. The predicted molar refractivity (Wildman–Crippen MR) is 76.6 cm³/mol. The van der Waals surface area contributed by atoms with Gasteiger partial charge in [-0.25, -0.2) is 0 Å². The molecule has 0 unspecified atom stereocenters. The number of rotatable bonds is 2. The molecule has 5 heteroatoms. The first kappa shape index (κ1) is 12.9. The molecule has 0 saturated heterocycles. The molecule has 0 atom stereocenters. The van der Waals surface area contributed by atoms with Crippen LogP contribution in [0.4, 0.5) is 0 Å². The van der Waals surface area contributed by atoms with Crippen molar-refractivity contribution in [2.75, 3.05) is 0 Å². The molecule has 5 nitrogen and oxygen atoms in total. The molecule has 3 rings (SSSR count). The molecule has 1 heterocycles. The van der Waals surface area contributed by atoms with Crippen molar-refractivity contribution in [2.45, 2.75) is 0 Å². The second kappa shape index (κ2) is 4.79. The summed E-state index contributed by atoms with van der Waals surface area (Å²) in [5.74, 6) is -0.143. The lowest BCUT2D eigenvalue weighted by Crippen LogP contribution is -2.04. The van der Waals surface area contributed by atoms with Gasteiger partial charge in [-0.15, -0.1) is 0 Å². The van der Waals surface area contributed by atoms with E-state index in [9.17, 15) is 19.8 Å². The quantitative estimate of drug-likeness (QED) is 0.705. The van der Waals surface area contributed by atoms with E-state index in [2.05, 4.69) is 0 Å². The molecule has 0 amide bonds. The lowest BCUT2D eigenvalue weighted by atomic mass is 10.0. The molecule has 3 aromatic rings. The Morgan fingerprint density at radius 2 is 1.86 bits per heavy atom. The fourth-order valence-electron chi connectivity index (χ4n) is 2.13. The molecule has 0 bridgehead atoms. The number of fused-ring (bicyclic) bond motifs is 1. The highest BCUT2D eigenvalue weighted by atomic mass is 16.3. The third-order valence-electron chi connectivity index (χ3n) is 3.22. The number of phenols is 2. The minimum absolute atomic E-state index is 0.00581. The maximum absolute atomic E-state index is 12.4. The fourth-order valence-corrected chi connectivity index (χ4v) is 2.13. The Morgan fingerprint density at radius 3 is 2.62 bits per heavy atom. The number of aromatic hydroxyl groups is 2. The highest BCUT2D eigenvalue weighted by Crippen LogP contribution is 2.25. The SMILES string of the molecule is O=Cc1cc(-c2coc3cc(O)ccc3c2=O)ccc1O. The number of carbonyl (C=O) groups excluding carboxylic acids is 1. The number of hydrogen-bond donors (Lipinski definition) is 2. The molecule has 1 aromatic heterocycles. The molecule has 21 heavy (non-hydrogen) atoms. The van der Waals surface area contributed by atoms with E-state index >= 15 is 0 Å². The number of aldehydes is 1. The van der Waals surface area contributed by atoms with Crippen LogP contribution in [0.2, 0.25) is 0 Å². The molecular formula is C16H10O5. The molecule has 104 valence electrons. The second-order valence-corrected chi connectivity index (χ2v) is 4.55. The summed E-state index contributed by atoms with van der Waals surface area (Å²) < 4.78 is 5.35. The smallest absolute Gasteiger partial charge is 0.200 e. The molecule has 2 N–H and O–H groups in total. The third kappa shape index (κ3) is 2.14. The summed E-state index contributed by atoms with van der Waals surface area (Å²) in [6.07, 6.45) is 1.78. The van der Waals surface area contributed by atoms with Gasteiger partial charge in [0.2, 0.25) is 0 Å². The lowest BCUT2D eigenvalue weighted by molar-refractivity contribution is 0.112. The zero-order chi connectivity index (χ0) is 15.0. The number of phenolic OH excluding ortho intramolecular Hbond substituents is 2. The van der Waals surface area contributed by atoms with Crippen LogP contribution < -0.4 is 5.43 Å². The van der Waals surface area contributed by atoms with Crippen molar-refractivity contribution in [3.63, 3.8) is 0 Å². The van der Waals surface area contributed by atoms with E-state index in [1.807, 2.05) is 0 Å². The highest BCUT2D eigenvalue weighted by Gasteiger charge is 2.11. The summed E-state index contributed by atoms with van der Waals surface area (Å²) in [5, 5.41) is 19.2. The molecule has 0 aliphatic carbocycles. The van der Waals surface area contributed by atoms with Crippen LogP contribution in [0.25, 0.3) is 22.1 Å². The lowest BCUT2D eigenvalue weighted by Gasteiger charge is -2.05. The first-order chi connectivity index (χ1) is 10.1. The van der Waals surface area contributed by atoms with Gasteiger partial charge in [0.25, 0.3) is 0 Å². The van der Waals surface area contributed by atoms with Crippen molar-refractivity contribution < 1.29 is 19.4 Å². The monoisotopic (exact) mass is 282 g/mol. The van der Waals surface area contributed by atoms with Crippen LogP contribution in [0, 0.1) is 0 Å². The van der Waals surface area contributed by atoms with Crippen LogP contribution in [0.5, 0.6) is 11.5 Å². The largest absolute Gasteiger partial charge is 0.508 e. The third-order valence-corrected chi connectivity index (χ3v) is 3.22. The maximum atomic E-state index is 12.4. The first-order valence-electron chi connectivity index (χ1n) is 6.13. The molecular weight excluding hydrogens is 272 g/mol. The van der Waals surface area contributed by atoms with Crippen molar-refractivity contribution in [3.8, 4) is 22.6 Å². The molecule has 0 aliphatic heterocycles. The van der Waals surface area contributed by atoms with Crippen LogP contribution in [-0.2, 0) is 0 Å². The van der Waals surface area contributed by atoms with E-state index < -0.39 is 0 Å². The average molecular weight is 282 g/mol. The van der Waals surface area contributed by atoms with Gasteiger partial charge in [-0.1, -0.05) is 6.07 Å². The Kier molecular flexibility index (Phi) is 2.95.